The van der Waals surface area contributed by atoms with E-state index in [1.165, 1.54) is 21.9 Å². The van der Waals surface area contributed by atoms with Gasteiger partial charge < -0.3 is 10.5 Å². The Labute approximate surface area is 126 Å². The van der Waals surface area contributed by atoms with Crippen LogP contribution in [0.15, 0.2) is 36.4 Å². The van der Waals surface area contributed by atoms with Crippen LogP contribution in [0.25, 0.3) is 10.8 Å². The maximum Gasteiger partial charge on any atom is 0.0713 e. The second kappa shape index (κ2) is 6.56. The summed E-state index contributed by atoms with van der Waals surface area (Å²) in [6, 6.07) is 13.7. The van der Waals surface area contributed by atoms with E-state index in [1.807, 2.05) is 0 Å². The molecule has 0 aliphatic carbocycles. The fraction of sp³-hybridized carbons (Fsp3) is 0.444. The number of rotatable bonds is 4. The van der Waals surface area contributed by atoms with E-state index in [1.54, 1.807) is 7.11 Å². The van der Waals surface area contributed by atoms with Crippen LogP contribution in [0, 0.1) is 0 Å². The summed E-state index contributed by atoms with van der Waals surface area (Å²) in [5.41, 5.74) is 8.58. The molecule has 1 aliphatic rings. The number of fused-ring (bicyclic) bond motifs is 1. The van der Waals surface area contributed by atoms with Crippen molar-refractivity contribution in [3.63, 3.8) is 0 Å². The Morgan fingerprint density at radius 1 is 1.05 bits per heavy atom. The number of nitrogens with zero attached hydrogens (tertiary/aromatic N) is 1. The Morgan fingerprint density at radius 2 is 1.71 bits per heavy atom. The molecule has 2 aromatic rings. The SMILES string of the molecule is COCc1ccc2ccc(CN3CCC(N)CC3)cc2c1. The Bertz CT molecular complexity index is 603. The molecule has 3 rings (SSSR count). The molecule has 0 atom stereocenters. The van der Waals surface area contributed by atoms with Gasteiger partial charge in [-0.05, 0) is 60.0 Å². The Hall–Kier alpha value is -1.42. The maximum atomic E-state index is 5.97. The van der Waals surface area contributed by atoms with E-state index in [0.29, 0.717) is 12.6 Å². The second-order valence-electron chi connectivity index (χ2n) is 6.06. The summed E-state index contributed by atoms with van der Waals surface area (Å²) in [5, 5.41) is 2.59. The number of hydrogen-bond donors (Lipinski definition) is 1. The minimum Gasteiger partial charge on any atom is -0.380 e. The highest BCUT2D eigenvalue weighted by Gasteiger charge is 2.15. The molecule has 1 fully saturated rings. The highest BCUT2D eigenvalue weighted by Crippen LogP contribution is 2.20. The van der Waals surface area contributed by atoms with E-state index in [2.05, 4.69) is 41.3 Å². The third-order valence-electron chi connectivity index (χ3n) is 4.32. The van der Waals surface area contributed by atoms with Gasteiger partial charge in [-0.15, -0.1) is 0 Å². The summed E-state index contributed by atoms with van der Waals surface area (Å²) in [6.07, 6.45) is 2.23. The van der Waals surface area contributed by atoms with Gasteiger partial charge in [0.15, 0.2) is 0 Å². The third-order valence-corrected chi connectivity index (χ3v) is 4.32. The van der Waals surface area contributed by atoms with Crippen molar-refractivity contribution in [3.8, 4) is 0 Å². The van der Waals surface area contributed by atoms with Crippen molar-refractivity contribution in [1.29, 1.82) is 0 Å². The number of likely N-dealkylation sites (tertiary alicyclic amines) is 1. The summed E-state index contributed by atoms with van der Waals surface area (Å²) >= 11 is 0. The molecule has 1 saturated heterocycles. The molecule has 0 saturated carbocycles. The lowest BCUT2D eigenvalue weighted by Crippen LogP contribution is -2.39. The molecule has 1 heterocycles. The molecule has 0 amide bonds. The molecular weight excluding hydrogens is 260 g/mol. The van der Waals surface area contributed by atoms with Crippen molar-refractivity contribution in [2.24, 2.45) is 5.73 Å². The van der Waals surface area contributed by atoms with Crippen molar-refractivity contribution >= 4 is 10.8 Å². The zero-order valence-corrected chi connectivity index (χ0v) is 12.7. The molecule has 0 spiro atoms. The zero-order chi connectivity index (χ0) is 14.7. The lowest BCUT2D eigenvalue weighted by Gasteiger charge is -2.30. The summed E-state index contributed by atoms with van der Waals surface area (Å²) < 4.78 is 5.22. The molecule has 3 heteroatoms. The minimum atomic E-state index is 0.398. The van der Waals surface area contributed by atoms with E-state index in [0.717, 1.165) is 32.5 Å². The minimum absolute atomic E-state index is 0.398. The Balaban J connectivity index is 1.76. The number of ether oxygens (including phenoxy) is 1. The van der Waals surface area contributed by atoms with Crippen LogP contribution in [-0.2, 0) is 17.9 Å². The van der Waals surface area contributed by atoms with E-state index in [4.69, 9.17) is 10.5 Å². The van der Waals surface area contributed by atoms with Crippen LogP contribution in [0.4, 0.5) is 0 Å². The topological polar surface area (TPSA) is 38.5 Å². The second-order valence-corrected chi connectivity index (χ2v) is 6.06. The monoisotopic (exact) mass is 284 g/mol. The first-order chi connectivity index (χ1) is 10.2. The summed E-state index contributed by atoms with van der Waals surface area (Å²) in [5.74, 6) is 0. The van der Waals surface area contributed by atoms with Gasteiger partial charge in [0, 0.05) is 19.7 Å². The lowest BCUT2D eigenvalue weighted by atomic mass is 10.0. The fourth-order valence-corrected chi connectivity index (χ4v) is 3.07. The van der Waals surface area contributed by atoms with Gasteiger partial charge in [0.05, 0.1) is 6.61 Å². The van der Waals surface area contributed by atoms with Crippen LogP contribution in [0.2, 0.25) is 0 Å². The summed E-state index contributed by atoms with van der Waals surface area (Å²) in [7, 11) is 1.74. The lowest BCUT2D eigenvalue weighted by molar-refractivity contribution is 0.185. The predicted octanol–water partition coefficient (Wildman–Crippen LogP) is 2.91. The van der Waals surface area contributed by atoms with Crippen LogP contribution in [0.1, 0.15) is 24.0 Å². The van der Waals surface area contributed by atoms with Gasteiger partial charge in [-0.25, -0.2) is 0 Å². The van der Waals surface area contributed by atoms with Gasteiger partial charge in [-0.3, -0.25) is 4.90 Å². The highest BCUT2D eigenvalue weighted by molar-refractivity contribution is 5.83. The summed E-state index contributed by atoms with van der Waals surface area (Å²) in [6.45, 7) is 3.92. The predicted molar refractivity (Wildman–Crippen MR) is 87.1 cm³/mol. The molecule has 0 aromatic heterocycles. The van der Waals surface area contributed by atoms with Crippen LogP contribution >= 0.6 is 0 Å². The molecule has 0 bridgehead atoms. The molecule has 1 aliphatic heterocycles. The summed E-state index contributed by atoms with van der Waals surface area (Å²) in [4.78, 5) is 2.50. The molecule has 3 nitrogen and oxygen atoms in total. The number of benzene rings is 2. The van der Waals surface area contributed by atoms with E-state index in [-0.39, 0.29) is 0 Å². The van der Waals surface area contributed by atoms with E-state index < -0.39 is 0 Å². The third kappa shape index (κ3) is 3.62. The first-order valence-corrected chi connectivity index (χ1v) is 7.73. The molecule has 112 valence electrons. The number of methoxy groups -OCH3 is 1. The van der Waals surface area contributed by atoms with Gasteiger partial charge >= 0.3 is 0 Å². The van der Waals surface area contributed by atoms with Crippen LogP contribution in [-0.4, -0.2) is 31.1 Å². The van der Waals surface area contributed by atoms with Crippen molar-refractivity contribution in [2.45, 2.75) is 32.0 Å². The quantitative estimate of drug-likeness (QED) is 0.938. The molecular formula is C18H24N2O. The van der Waals surface area contributed by atoms with Gasteiger partial charge in [0.1, 0.15) is 0 Å². The zero-order valence-electron chi connectivity index (χ0n) is 12.7. The molecule has 21 heavy (non-hydrogen) atoms. The highest BCUT2D eigenvalue weighted by atomic mass is 16.5. The smallest absolute Gasteiger partial charge is 0.0713 e. The van der Waals surface area contributed by atoms with Gasteiger partial charge in [-0.2, -0.15) is 0 Å². The van der Waals surface area contributed by atoms with Crippen molar-refractivity contribution in [1.82, 2.24) is 4.90 Å². The van der Waals surface area contributed by atoms with Gasteiger partial charge in [0.25, 0.3) is 0 Å². The fourth-order valence-electron chi connectivity index (χ4n) is 3.07. The normalized spacial score (nSPS) is 17.4. The van der Waals surface area contributed by atoms with E-state index in [9.17, 15) is 0 Å². The number of hydrogen-bond acceptors (Lipinski definition) is 3. The van der Waals surface area contributed by atoms with Gasteiger partial charge in [0.2, 0.25) is 0 Å². The van der Waals surface area contributed by atoms with Crippen molar-refractivity contribution < 1.29 is 4.74 Å². The molecule has 2 aromatic carbocycles. The van der Waals surface area contributed by atoms with Crippen LogP contribution < -0.4 is 5.73 Å². The molecule has 0 unspecified atom stereocenters. The van der Waals surface area contributed by atoms with Crippen LogP contribution in [0.3, 0.4) is 0 Å². The largest absolute Gasteiger partial charge is 0.380 e. The van der Waals surface area contributed by atoms with Gasteiger partial charge in [-0.1, -0.05) is 24.3 Å². The Kier molecular flexibility index (Phi) is 4.54. The first kappa shape index (κ1) is 14.5. The molecule has 0 radical (unpaired) electrons. The van der Waals surface area contributed by atoms with Crippen molar-refractivity contribution in [2.75, 3.05) is 20.2 Å². The number of piperidine rings is 1. The van der Waals surface area contributed by atoms with Crippen LogP contribution in [0.5, 0.6) is 0 Å². The number of nitrogens with two attached hydrogens (primary N) is 1. The first-order valence-electron chi connectivity index (χ1n) is 7.73. The van der Waals surface area contributed by atoms with Crippen molar-refractivity contribution in [3.05, 3.63) is 47.5 Å². The molecule has 2 N–H and O–H groups in total. The van der Waals surface area contributed by atoms with E-state index >= 15 is 0 Å². The standard InChI is InChI=1S/C18H24N2O/c1-21-13-15-3-5-16-4-2-14(10-17(16)11-15)12-20-8-6-18(19)7-9-20/h2-5,10-11,18H,6-9,12-13,19H2,1H3. The maximum absolute atomic E-state index is 5.97. The average Bonchev–Trinajstić information content (AvgIpc) is 2.50. The average molecular weight is 284 g/mol. The Morgan fingerprint density at radius 3 is 2.43 bits per heavy atom.